The van der Waals surface area contributed by atoms with Crippen molar-refractivity contribution in [2.75, 3.05) is 0 Å². The first-order chi connectivity index (χ1) is 6.25. The summed E-state index contributed by atoms with van der Waals surface area (Å²) in [5, 5.41) is 6.81. The van der Waals surface area contributed by atoms with Crippen LogP contribution in [0.1, 0.15) is 11.4 Å². The second-order valence-corrected chi connectivity index (χ2v) is 2.96. The molecule has 0 radical (unpaired) electrons. The zero-order chi connectivity index (χ0) is 9.26. The topological polar surface area (TPSA) is 54.5 Å². The molecular formula is C9H10N4. The van der Waals surface area contributed by atoms with Gasteiger partial charge in [0.25, 0.3) is 0 Å². The molecule has 66 valence electrons. The maximum absolute atomic E-state index is 4.19. The molecule has 13 heavy (non-hydrogen) atoms. The molecule has 0 aromatic carbocycles. The van der Waals surface area contributed by atoms with Crippen LogP contribution in [0, 0.1) is 13.8 Å². The number of pyridine rings is 1. The summed E-state index contributed by atoms with van der Waals surface area (Å²) in [5.41, 5.74) is 1.97. The van der Waals surface area contributed by atoms with Crippen LogP contribution in [0.5, 0.6) is 0 Å². The van der Waals surface area contributed by atoms with Gasteiger partial charge in [0.1, 0.15) is 11.5 Å². The van der Waals surface area contributed by atoms with Gasteiger partial charge >= 0.3 is 0 Å². The summed E-state index contributed by atoms with van der Waals surface area (Å²) < 4.78 is 0. The van der Waals surface area contributed by atoms with E-state index < -0.39 is 0 Å². The lowest BCUT2D eigenvalue weighted by molar-refractivity contribution is 1.04. The Morgan fingerprint density at radius 3 is 2.77 bits per heavy atom. The van der Waals surface area contributed by atoms with Crippen molar-refractivity contribution in [3.8, 4) is 11.5 Å². The van der Waals surface area contributed by atoms with Gasteiger partial charge < -0.3 is 0 Å². The van der Waals surface area contributed by atoms with E-state index in [0.717, 1.165) is 17.1 Å². The summed E-state index contributed by atoms with van der Waals surface area (Å²) in [4.78, 5) is 8.37. The average Bonchev–Trinajstić information content (AvgIpc) is 2.52. The second kappa shape index (κ2) is 2.97. The number of H-pyrrole nitrogens is 1. The summed E-state index contributed by atoms with van der Waals surface area (Å²) >= 11 is 0. The molecule has 2 rings (SSSR count). The number of nitrogens with zero attached hydrogens (tertiary/aromatic N) is 3. The third-order valence-electron chi connectivity index (χ3n) is 1.74. The Bertz CT molecular complexity index is 419. The normalized spacial score (nSPS) is 10.3. The Morgan fingerprint density at radius 2 is 2.15 bits per heavy atom. The highest BCUT2D eigenvalue weighted by Gasteiger charge is 2.03. The molecule has 4 heteroatoms. The smallest absolute Gasteiger partial charge is 0.199 e. The first-order valence-corrected chi connectivity index (χ1v) is 4.08. The van der Waals surface area contributed by atoms with E-state index in [4.69, 9.17) is 0 Å². The Morgan fingerprint density at radius 1 is 1.31 bits per heavy atom. The minimum Gasteiger partial charge on any atom is -0.263 e. The van der Waals surface area contributed by atoms with Crippen molar-refractivity contribution in [1.29, 1.82) is 0 Å². The Kier molecular flexibility index (Phi) is 1.81. The van der Waals surface area contributed by atoms with Gasteiger partial charge in [0.2, 0.25) is 0 Å². The lowest BCUT2D eigenvalue weighted by Crippen LogP contribution is -1.86. The number of rotatable bonds is 1. The van der Waals surface area contributed by atoms with E-state index in [1.807, 2.05) is 26.0 Å². The largest absolute Gasteiger partial charge is 0.263 e. The summed E-state index contributed by atoms with van der Waals surface area (Å²) in [5.74, 6) is 1.46. The lowest BCUT2D eigenvalue weighted by Gasteiger charge is -1.94. The van der Waals surface area contributed by atoms with Crippen LogP contribution in [0.15, 0.2) is 18.3 Å². The second-order valence-electron chi connectivity index (χ2n) is 2.96. The van der Waals surface area contributed by atoms with E-state index in [9.17, 15) is 0 Å². The molecule has 0 amide bonds. The SMILES string of the molecule is Cc1ccnc(-c2n[nH]c(C)n2)c1. The van der Waals surface area contributed by atoms with Crippen LogP contribution < -0.4 is 0 Å². The van der Waals surface area contributed by atoms with Gasteiger partial charge in [-0.1, -0.05) is 0 Å². The summed E-state index contributed by atoms with van der Waals surface area (Å²) in [7, 11) is 0. The standard InChI is InChI=1S/C9H10N4/c1-6-3-4-10-8(5-6)9-11-7(2)12-13-9/h3-5H,1-2H3,(H,11,12,13). The Hall–Kier alpha value is -1.71. The molecule has 4 nitrogen and oxygen atoms in total. The molecule has 2 heterocycles. The van der Waals surface area contributed by atoms with Crippen molar-refractivity contribution in [1.82, 2.24) is 20.2 Å². The summed E-state index contributed by atoms with van der Waals surface area (Å²) in [6, 6.07) is 3.91. The first kappa shape index (κ1) is 7.91. The summed E-state index contributed by atoms with van der Waals surface area (Å²) in [6.07, 6.45) is 1.76. The van der Waals surface area contributed by atoms with Crippen LogP contribution in [0.3, 0.4) is 0 Å². The molecule has 0 aliphatic carbocycles. The quantitative estimate of drug-likeness (QED) is 0.712. The number of aromatic nitrogens is 4. The number of aryl methyl sites for hydroxylation is 2. The van der Waals surface area contributed by atoms with E-state index in [1.165, 1.54) is 0 Å². The van der Waals surface area contributed by atoms with Crippen LogP contribution in [0.2, 0.25) is 0 Å². The van der Waals surface area contributed by atoms with Gasteiger partial charge in [-0.15, -0.1) is 0 Å². The predicted molar refractivity (Wildman–Crippen MR) is 49.1 cm³/mol. The fourth-order valence-corrected chi connectivity index (χ4v) is 1.12. The molecule has 0 unspecified atom stereocenters. The molecule has 0 aliphatic heterocycles. The minimum absolute atomic E-state index is 0.654. The van der Waals surface area contributed by atoms with E-state index in [1.54, 1.807) is 6.20 Å². The van der Waals surface area contributed by atoms with Crippen molar-refractivity contribution in [3.63, 3.8) is 0 Å². The van der Waals surface area contributed by atoms with Gasteiger partial charge in [-0.05, 0) is 31.5 Å². The molecule has 0 saturated carbocycles. The molecule has 0 fully saturated rings. The highest BCUT2D eigenvalue weighted by molar-refractivity contribution is 5.49. The fourth-order valence-electron chi connectivity index (χ4n) is 1.12. The third kappa shape index (κ3) is 1.56. The van der Waals surface area contributed by atoms with Gasteiger partial charge in [0.05, 0.1) is 0 Å². The molecule has 1 N–H and O–H groups in total. The highest BCUT2D eigenvalue weighted by atomic mass is 15.2. The zero-order valence-electron chi connectivity index (χ0n) is 7.57. The maximum Gasteiger partial charge on any atom is 0.199 e. The highest BCUT2D eigenvalue weighted by Crippen LogP contribution is 2.11. The van der Waals surface area contributed by atoms with E-state index in [-0.39, 0.29) is 0 Å². The molecule has 0 spiro atoms. The van der Waals surface area contributed by atoms with Gasteiger partial charge in [-0.3, -0.25) is 10.1 Å². The van der Waals surface area contributed by atoms with Crippen molar-refractivity contribution < 1.29 is 0 Å². The van der Waals surface area contributed by atoms with Gasteiger partial charge in [0, 0.05) is 6.20 Å². The number of hydrogen-bond donors (Lipinski definition) is 1. The van der Waals surface area contributed by atoms with Crippen LogP contribution in [0.25, 0.3) is 11.5 Å². The van der Waals surface area contributed by atoms with Crippen LogP contribution in [-0.4, -0.2) is 20.2 Å². The zero-order valence-corrected chi connectivity index (χ0v) is 7.57. The predicted octanol–water partition coefficient (Wildman–Crippen LogP) is 1.48. The van der Waals surface area contributed by atoms with Crippen molar-refractivity contribution in [3.05, 3.63) is 29.7 Å². The first-order valence-electron chi connectivity index (χ1n) is 4.08. The Balaban J connectivity index is 2.46. The molecule has 0 atom stereocenters. The van der Waals surface area contributed by atoms with Crippen LogP contribution >= 0.6 is 0 Å². The lowest BCUT2D eigenvalue weighted by atomic mass is 10.2. The Labute approximate surface area is 76.1 Å². The summed E-state index contributed by atoms with van der Waals surface area (Å²) in [6.45, 7) is 3.89. The van der Waals surface area contributed by atoms with Gasteiger partial charge in [0.15, 0.2) is 5.82 Å². The fraction of sp³-hybridized carbons (Fsp3) is 0.222. The molecular weight excluding hydrogens is 164 g/mol. The molecule has 2 aromatic heterocycles. The van der Waals surface area contributed by atoms with E-state index >= 15 is 0 Å². The number of hydrogen-bond acceptors (Lipinski definition) is 3. The number of nitrogens with one attached hydrogen (secondary N) is 1. The van der Waals surface area contributed by atoms with Gasteiger partial charge in [-0.25, -0.2) is 4.98 Å². The molecule has 0 saturated heterocycles. The van der Waals surface area contributed by atoms with Crippen molar-refractivity contribution in [2.24, 2.45) is 0 Å². The average molecular weight is 174 g/mol. The molecule has 0 aliphatic rings. The van der Waals surface area contributed by atoms with Crippen molar-refractivity contribution in [2.45, 2.75) is 13.8 Å². The van der Waals surface area contributed by atoms with Crippen LogP contribution in [0.4, 0.5) is 0 Å². The number of aromatic amines is 1. The monoisotopic (exact) mass is 174 g/mol. The van der Waals surface area contributed by atoms with Crippen molar-refractivity contribution >= 4 is 0 Å². The third-order valence-corrected chi connectivity index (χ3v) is 1.74. The molecule has 2 aromatic rings. The maximum atomic E-state index is 4.19. The molecule has 0 bridgehead atoms. The van der Waals surface area contributed by atoms with Crippen LogP contribution in [-0.2, 0) is 0 Å². The van der Waals surface area contributed by atoms with Gasteiger partial charge in [-0.2, -0.15) is 5.10 Å². The minimum atomic E-state index is 0.654. The van der Waals surface area contributed by atoms with E-state index in [2.05, 4.69) is 20.2 Å². The van der Waals surface area contributed by atoms with E-state index in [0.29, 0.717) is 5.82 Å².